The van der Waals surface area contributed by atoms with Gasteiger partial charge in [-0.15, -0.1) is 0 Å². The Balaban J connectivity index is 2.64. The van der Waals surface area contributed by atoms with Crippen LogP contribution >= 0.6 is 0 Å². The molecule has 0 unspecified atom stereocenters. The fraction of sp³-hybridized carbons (Fsp3) is 0.625. The van der Waals surface area contributed by atoms with Gasteiger partial charge in [0.1, 0.15) is 0 Å². The van der Waals surface area contributed by atoms with Gasteiger partial charge in [-0.1, -0.05) is 0 Å². The molecule has 0 saturated carbocycles. The van der Waals surface area contributed by atoms with E-state index in [1.165, 1.54) is 7.11 Å². The van der Waals surface area contributed by atoms with Gasteiger partial charge in [0.05, 0.1) is 31.5 Å². The molecule has 0 aliphatic heterocycles. The van der Waals surface area contributed by atoms with Crippen molar-refractivity contribution in [2.75, 3.05) is 7.11 Å². The van der Waals surface area contributed by atoms with Gasteiger partial charge in [-0.05, 0) is 13.8 Å². The second-order valence-electron chi connectivity index (χ2n) is 3.00. The lowest BCUT2D eigenvalue weighted by atomic mass is 10.3. The maximum atomic E-state index is 10.9. The van der Waals surface area contributed by atoms with E-state index in [2.05, 4.69) is 14.9 Å². The number of hydrogen-bond donors (Lipinski definition) is 0. The summed E-state index contributed by atoms with van der Waals surface area (Å²) in [7, 11) is 1.36. The minimum absolute atomic E-state index is 0.184. The van der Waals surface area contributed by atoms with E-state index < -0.39 is 0 Å². The Morgan fingerprint density at radius 1 is 1.69 bits per heavy atom. The predicted molar refractivity (Wildman–Crippen MR) is 46.1 cm³/mol. The molecule has 72 valence electrons. The van der Waals surface area contributed by atoms with Crippen molar-refractivity contribution >= 4 is 5.97 Å². The van der Waals surface area contributed by atoms with Crippen LogP contribution in [0.25, 0.3) is 0 Å². The first kappa shape index (κ1) is 9.70. The minimum Gasteiger partial charge on any atom is -0.469 e. The van der Waals surface area contributed by atoms with E-state index in [-0.39, 0.29) is 18.4 Å². The summed E-state index contributed by atoms with van der Waals surface area (Å²) in [6.07, 6.45) is 1.76. The van der Waals surface area contributed by atoms with Crippen LogP contribution in [0.4, 0.5) is 0 Å². The third-order valence-corrected chi connectivity index (χ3v) is 1.57. The molecule has 0 saturated heterocycles. The lowest BCUT2D eigenvalue weighted by Crippen LogP contribution is -2.08. The standard InChI is InChI=1S/C8H13N3O2/c1-6(2)11-9-5-7(10-11)4-8(12)13-3/h5-6H,4H2,1-3H3. The van der Waals surface area contributed by atoms with Gasteiger partial charge < -0.3 is 4.74 Å². The molecule has 0 aliphatic rings. The molecule has 13 heavy (non-hydrogen) atoms. The summed E-state index contributed by atoms with van der Waals surface area (Å²) in [4.78, 5) is 12.4. The molecule has 5 nitrogen and oxygen atoms in total. The summed E-state index contributed by atoms with van der Waals surface area (Å²) < 4.78 is 4.51. The molecule has 0 radical (unpaired) electrons. The van der Waals surface area contributed by atoms with Crippen molar-refractivity contribution in [1.29, 1.82) is 0 Å². The zero-order chi connectivity index (χ0) is 9.84. The molecular weight excluding hydrogens is 170 g/mol. The molecule has 0 aliphatic carbocycles. The van der Waals surface area contributed by atoms with E-state index in [0.717, 1.165) is 0 Å². The maximum absolute atomic E-state index is 10.9. The zero-order valence-corrected chi connectivity index (χ0v) is 8.02. The van der Waals surface area contributed by atoms with Gasteiger partial charge in [0.25, 0.3) is 0 Å². The molecule has 1 rings (SSSR count). The SMILES string of the molecule is COC(=O)Cc1cnn(C(C)C)n1. The molecule has 0 atom stereocenters. The first-order valence-electron chi connectivity index (χ1n) is 4.11. The highest BCUT2D eigenvalue weighted by Crippen LogP contribution is 2.01. The molecule has 1 aromatic rings. The van der Waals surface area contributed by atoms with E-state index in [1.54, 1.807) is 11.0 Å². The van der Waals surface area contributed by atoms with E-state index in [1.807, 2.05) is 13.8 Å². The number of hydrogen-bond acceptors (Lipinski definition) is 4. The minimum atomic E-state index is -0.296. The van der Waals surface area contributed by atoms with E-state index in [4.69, 9.17) is 0 Å². The first-order valence-corrected chi connectivity index (χ1v) is 4.11. The number of methoxy groups -OCH3 is 1. The Kier molecular flexibility index (Phi) is 3.00. The van der Waals surface area contributed by atoms with Crippen LogP contribution in [0.5, 0.6) is 0 Å². The molecule has 1 heterocycles. The molecule has 0 aromatic carbocycles. The topological polar surface area (TPSA) is 57.0 Å². The fourth-order valence-electron chi connectivity index (χ4n) is 0.859. The molecule has 0 N–H and O–H groups in total. The van der Waals surface area contributed by atoms with Crippen molar-refractivity contribution in [2.45, 2.75) is 26.3 Å². The van der Waals surface area contributed by atoms with Crippen molar-refractivity contribution in [3.05, 3.63) is 11.9 Å². The lowest BCUT2D eigenvalue weighted by Gasteiger charge is -2.00. The maximum Gasteiger partial charge on any atom is 0.311 e. The van der Waals surface area contributed by atoms with Crippen LogP contribution in [0.15, 0.2) is 6.20 Å². The van der Waals surface area contributed by atoms with Crippen LogP contribution in [-0.2, 0) is 16.0 Å². The van der Waals surface area contributed by atoms with E-state index in [0.29, 0.717) is 5.69 Å². The summed E-state index contributed by atoms with van der Waals surface area (Å²) in [5.41, 5.74) is 0.639. The number of rotatable bonds is 3. The highest BCUT2D eigenvalue weighted by atomic mass is 16.5. The zero-order valence-electron chi connectivity index (χ0n) is 8.02. The summed E-state index contributed by atoms with van der Waals surface area (Å²) in [6, 6.07) is 0.214. The number of aromatic nitrogens is 3. The van der Waals surface area contributed by atoms with Gasteiger partial charge in [0, 0.05) is 0 Å². The quantitative estimate of drug-likeness (QED) is 0.643. The van der Waals surface area contributed by atoms with Crippen molar-refractivity contribution in [3.63, 3.8) is 0 Å². The van der Waals surface area contributed by atoms with Gasteiger partial charge in [-0.2, -0.15) is 15.0 Å². The van der Waals surface area contributed by atoms with E-state index in [9.17, 15) is 4.79 Å². The number of ether oxygens (including phenoxy) is 1. The van der Waals surface area contributed by atoms with Crippen molar-refractivity contribution in [3.8, 4) is 0 Å². The van der Waals surface area contributed by atoms with Crippen LogP contribution in [0.1, 0.15) is 25.6 Å². The number of esters is 1. The normalized spacial score (nSPS) is 10.5. The predicted octanol–water partition coefficient (Wildman–Crippen LogP) is 0.574. The summed E-state index contributed by atoms with van der Waals surface area (Å²) in [6.45, 7) is 3.95. The average molecular weight is 183 g/mol. The lowest BCUT2D eigenvalue weighted by molar-refractivity contribution is -0.139. The summed E-state index contributed by atoms with van der Waals surface area (Å²) in [5.74, 6) is -0.296. The van der Waals surface area contributed by atoms with Crippen LogP contribution in [0.2, 0.25) is 0 Å². The highest BCUT2D eigenvalue weighted by Gasteiger charge is 2.08. The van der Waals surface area contributed by atoms with Gasteiger partial charge in [-0.3, -0.25) is 4.79 Å². The van der Waals surface area contributed by atoms with Crippen molar-refractivity contribution in [1.82, 2.24) is 15.0 Å². The number of carbonyl (C=O) groups excluding carboxylic acids is 1. The number of carbonyl (C=O) groups is 1. The number of nitrogens with zero attached hydrogens (tertiary/aromatic N) is 3. The molecule has 0 fully saturated rings. The fourth-order valence-corrected chi connectivity index (χ4v) is 0.859. The van der Waals surface area contributed by atoms with Crippen LogP contribution in [0.3, 0.4) is 0 Å². The van der Waals surface area contributed by atoms with Crippen molar-refractivity contribution in [2.24, 2.45) is 0 Å². The Labute approximate surface area is 76.7 Å². The molecule has 1 aromatic heterocycles. The highest BCUT2D eigenvalue weighted by molar-refractivity contribution is 5.71. The van der Waals surface area contributed by atoms with Gasteiger partial charge in [0.2, 0.25) is 0 Å². The van der Waals surface area contributed by atoms with Gasteiger partial charge in [-0.25, -0.2) is 0 Å². The molecular formula is C8H13N3O2. The summed E-state index contributed by atoms with van der Waals surface area (Å²) in [5, 5.41) is 8.10. The van der Waals surface area contributed by atoms with Gasteiger partial charge >= 0.3 is 5.97 Å². The molecule has 0 bridgehead atoms. The first-order chi connectivity index (χ1) is 6.13. The van der Waals surface area contributed by atoms with E-state index >= 15 is 0 Å². The molecule has 5 heteroatoms. The smallest absolute Gasteiger partial charge is 0.311 e. The van der Waals surface area contributed by atoms with Crippen LogP contribution in [0, 0.1) is 0 Å². The Morgan fingerprint density at radius 3 is 2.85 bits per heavy atom. The molecule has 0 amide bonds. The third kappa shape index (κ3) is 2.54. The molecule has 0 spiro atoms. The summed E-state index contributed by atoms with van der Waals surface area (Å²) >= 11 is 0. The van der Waals surface area contributed by atoms with Crippen LogP contribution < -0.4 is 0 Å². The average Bonchev–Trinajstić information content (AvgIpc) is 2.52. The largest absolute Gasteiger partial charge is 0.469 e. The monoisotopic (exact) mass is 183 g/mol. The second kappa shape index (κ2) is 4.02. The second-order valence-corrected chi connectivity index (χ2v) is 3.00. The Bertz CT molecular complexity index is 293. The van der Waals surface area contributed by atoms with Crippen molar-refractivity contribution < 1.29 is 9.53 Å². The Hall–Kier alpha value is -1.39. The van der Waals surface area contributed by atoms with Gasteiger partial charge in [0.15, 0.2) is 0 Å². The Morgan fingerprint density at radius 2 is 2.38 bits per heavy atom. The van der Waals surface area contributed by atoms with Crippen LogP contribution in [-0.4, -0.2) is 28.1 Å². The third-order valence-electron chi connectivity index (χ3n) is 1.57.